The lowest BCUT2D eigenvalue weighted by Crippen LogP contribution is -2.35. The van der Waals surface area contributed by atoms with Crippen molar-refractivity contribution < 1.29 is 0 Å². The quantitative estimate of drug-likeness (QED) is 0.502. The van der Waals surface area contributed by atoms with Crippen molar-refractivity contribution >= 4 is 0 Å². The van der Waals surface area contributed by atoms with Crippen molar-refractivity contribution in [3.05, 3.63) is 0 Å². The van der Waals surface area contributed by atoms with Crippen molar-refractivity contribution in [1.29, 1.82) is 0 Å². The van der Waals surface area contributed by atoms with Crippen molar-refractivity contribution in [2.24, 2.45) is 17.7 Å². The van der Waals surface area contributed by atoms with Crippen LogP contribution in [0.4, 0.5) is 0 Å². The number of hydrogen-bond donors (Lipinski definition) is 2. The Labute approximate surface area is 95.0 Å². The summed E-state index contributed by atoms with van der Waals surface area (Å²) < 4.78 is 0. The zero-order valence-electron chi connectivity index (χ0n) is 10.5. The van der Waals surface area contributed by atoms with Gasteiger partial charge in [0.05, 0.1) is 0 Å². The fourth-order valence-electron chi connectivity index (χ4n) is 2.58. The highest BCUT2D eigenvalue weighted by Crippen LogP contribution is 2.29. The van der Waals surface area contributed by atoms with E-state index < -0.39 is 0 Å². The number of hydrogen-bond acceptors (Lipinski definition) is 2. The molecule has 1 atom stereocenters. The molecule has 0 bridgehead atoms. The third-order valence-corrected chi connectivity index (χ3v) is 3.73. The van der Waals surface area contributed by atoms with Crippen LogP contribution in [0.5, 0.6) is 0 Å². The molecule has 0 aliphatic heterocycles. The maximum Gasteiger partial charge on any atom is 0.0210 e. The van der Waals surface area contributed by atoms with E-state index in [0.29, 0.717) is 6.04 Å². The van der Waals surface area contributed by atoms with Crippen LogP contribution in [0.2, 0.25) is 0 Å². The third-order valence-electron chi connectivity index (χ3n) is 3.73. The van der Waals surface area contributed by atoms with Gasteiger partial charge in [0.1, 0.15) is 0 Å². The molecule has 0 heterocycles. The lowest BCUT2D eigenvalue weighted by molar-refractivity contribution is 0.372. The summed E-state index contributed by atoms with van der Waals surface area (Å²) >= 11 is 0. The van der Waals surface area contributed by atoms with E-state index in [1.165, 1.54) is 51.4 Å². The maximum absolute atomic E-state index is 5.59. The van der Waals surface area contributed by atoms with E-state index in [4.69, 9.17) is 5.84 Å². The predicted molar refractivity (Wildman–Crippen MR) is 66.4 cm³/mol. The average molecular weight is 212 g/mol. The van der Waals surface area contributed by atoms with Gasteiger partial charge in [-0.15, -0.1) is 0 Å². The monoisotopic (exact) mass is 212 g/mol. The molecule has 1 saturated carbocycles. The molecule has 1 unspecified atom stereocenters. The second-order valence-corrected chi connectivity index (χ2v) is 5.56. The van der Waals surface area contributed by atoms with Crippen molar-refractivity contribution in [3.63, 3.8) is 0 Å². The Morgan fingerprint density at radius 2 is 1.80 bits per heavy atom. The molecule has 0 saturated heterocycles. The SMILES string of the molecule is CC(C)CCC(CCC1CCCC1)NN. The van der Waals surface area contributed by atoms with Gasteiger partial charge in [0.2, 0.25) is 0 Å². The average Bonchev–Trinajstić information content (AvgIpc) is 2.70. The van der Waals surface area contributed by atoms with E-state index >= 15 is 0 Å². The maximum atomic E-state index is 5.59. The van der Waals surface area contributed by atoms with Crippen LogP contribution in [0, 0.1) is 11.8 Å². The van der Waals surface area contributed by atoms with Gasteiger partial charge >= 0.3 is 0 Å². The minimum Gasteiger partial charge on any atom is -0.271 e. The Morgan fingerprint density at radius 1 is 1.13 bits per heavy atom. The highest BCUT2D eigenvalue weighted by Gasteiger charge is 2.16. The molecule has 90 valence electrons. The van der Waals surface area contributed by atoms with Gasteiger partial charge in [0.15, 0.2) is 0 Å². The Balaban J connectivity index is 2.09. The van der Waals surface area contributed by atoms with Gasteiger partial charge in [0.25, 0.3) is 0 Å². The van der Waals surface area contributed by atoms with Gasteiger partial charge in [0, 0.05) is 6.04 Å². The number of hydrazine groups is 1. The standard InChI is InChI=1S/C13H28N2/c1-11(2)7-9-13(15-14)10-8-12-5-3-4-6-12/h11-13,15H,3-10,14H2,1-2H3. The Hall–Kier alpha value is -0.0800. The fourth-order valence-corrected chi connectivity index (χ4v) is 2.58. The molecular weight excluding hydrogens is 184 g/mol. The molecule has 0 amide bonds. The normalized spacial score (nSPS) is 20.0. The lowest BCUT2D eigenvalue weighted by atomic mass is 9.95. The van der Waals surface area contributed by atoms with Crippen molar-refractivity contribution in [1.82, 2.24) is 5.43 Å². The summed E-state index contributed by atoms with van der Waals surface area (Å²) in [6.07, 6.45) is 11.0. The van der Waals surface area contributed by atoms with E-state index in [2.05, 4.69) is 19.3 Å². The minimum atomic E-state index is 0.549. The summed E-state index contributed by atoms with van der Waals surface area (Å²) in [6.45, 7) is 4.56. The summed E-state index contributed by atoms with van der Waals surface area (Å²) in [7, 11) is 0. The van der Waals surface area contributed by atoms with Gasteiger partial charge in [-0.3, -0.25) is 11.3 Å². The minimum absolute atomic E-state index is 0.549. The highest BCUT2D eigenvalue weighted by atomic mass is 15.2. The Bertz CT molecular complexity index is 151. The van der Waals surface area contributed by atoms with Gasteiger partial charge in [-0.2, -0.15) is 0 Å². The van der Waals surface area contributed by atoms with E-state index in [-0.39, 0.29) is 0 Å². The van der Waals surface area contributed by atoms with Crippen LogP contribution in [0.3, 0.4) is 0 Å². The second kappa shape index (κ2) is 7.24. The predicted octanol–water partition coefficient (Wildman–Crippen LogP) is 3.22. The van der Waals surface area contributed by atoms with Crippen molar-refractivity contribution in [2.75, 3.05) is 0 Å². The number of nitrogens with one attached hydrogen (secondary N) is 1. The molecule has 0 radical (unpaired) electrons. The summed E-state index contributed by atoms with van der Waals surface area (Å²) in [5.41, 5.74) is 2.98. The molecule has 0 aromatic rings. The summed E-state index contributed by atoms with van der Waals surface area (Å²) in [5, 5.41) is 0. The van der Waals surface area contributed by atoms with Crippen molar-refractivity contribution in [2.45, 2.75) is 71.3 Å². The van der Waals surface area contributed by atoms with Gasteiger partial charge in [-0.25, -0.2) is 0 Å². The van der Waals surface area contributed by atoms with E-state index in [1.807, 2.05) is 0 Å². The zero-order chi connectivity index (χ0) is 11.1. The molecule has 1 aliphatic carbocycles. The molecule has 3 N–H and O–H groups in total. The third kappa shape index (κ3) is 5.53. The molecular formula is C13H28N2. The van der Waals surface area contributed by atoms with Crippen molar-refractivity contribution in [3.8, 4) is 0 Å². The first kappa shape index (κ1) is 13.0. The van der Waals surface area contributed by atoms with Gasteiger partial charge in [-0.1, -0.05) is 39.5 Å². The molecule has 1 fully saturated rings. The Morgan fingerprint density at radius 3 is 2.33 bits per heavy atom. The van der Waals surface area contributed by atoms with Crippen LogP contribution in [-0.2, 0) is 0 Å². The lowest BCUT2D eigenvalue weighted by Gasteiger charge is -2.18. The van der Waals surface area contributed by atoms with Crippen LogP contribution in [0.25, 0.3) is 0 Å². The van der Waals surface area contributed by atoms with E-state index in [9.17, 15) is 0 Å². The molecule has 0 spiro atoms. The molecule has 2 nitrogen and oxygen atoms in total. The smallest absolute Gasteiger partial charge is 0.0210 e. The summed E-state index contributed by atoms with van der Waals surface area (Å²) in [4.78, 5) is 0. The summed E-state index contributed by atoms with van der Waals surface area (Å²) in [6, 6.07) is 0.549. The van der Waals surface area contributed by atoms with E-state index in [1.54, 1.807) is 0 Å². The van der Waals surface area contributed by atoms with Crippen LogP contribution in [-0.4, -0.2) is 6.04 Å². The van der Waals surface area contributed by atoms with Crippen LogP contribution < -0.4 is 11.3 Å². The number of nitrogens with two attached hydrogens (primary N) is 1. The molecule has 2 heteroatoms. The highest BCUT2D eigenvalue weighted by molar-refractivity contribution is 4.72. The molecule has 1 rings (SSSR count). The van der Waals surface area contributed by atoms with Gasteiger partial charge < -0.3 is 0 Å². The fraction of sp³-hybridized carbons (Fsp3) is 1.00. The first-order valence-electron chi connectivity index (χ1n) is 6.68. The summed E-state index contributed by atoms with van der Waals surface area (Å²) in [5.74, 6) is 7.39. The number of rotatable bonds is 7. The second-order valence-electron chi connectivity index (χ2n) is 5.56. The molecule has 15 heavy (non-hydrogen) atoms. The first-order chi connectivity index (χ1) is 7.22. The molecule has 0 aromatic heterocycles. The molecule has 1 aliphatic rings. The first-order valence-corrected chi connectivity index (χ1v) is 6.68. The topological polar surface area (TPSA) is 38.0 Å². The van der Waals surface area contributed by atoms with Crippen LogP contribution in [0.1, 0.15) is 65.2 Å². The van der Waals surface area contributed by atoms with E-state index in [0.717, 1.165) is 11.8 Å². The largest absolute Gasteiger partial charge is 0.271 e. The van der Waals surface area contributed by atoms with Crippen LogP contribution in [0.15, 0.2) is 0 Å². The zero-order valence-corrected chi connectivity index (χ0v) is 10.5. The Kier molecular flexibility index (Phi) is 6.26. The molecule has 0 aromatic carbocycles. The van der Waals surface area contributed by atoms with Crippen LogP contribution >= 0.6 is 0 Å². The van der Waals surface area contributed by atoms with Gasteiger partial charge in [-0.05, 0) is 37.5 Å².